The Kier molecular flexibility index (Phi) is 9.18. The van der Waals surface area contributed by atoms with Crippen molar-refractivity contribution in [3.05, 3.63) is 29.8 Å². The topological polar surface area (TPSA) is 77.0 Å². The number of para-hydroxylation sites is 1. The molecule has 0 aliphatic rings. The monoisotopic (exact) mass is 425 g/mol. The smallest absolute Gasteiger partial charge is 0.407 e. The normalized spacial score (nSPS) is 13.7. The molecule has 0 spiro atoms. The van der Waals surface area contributed by atoms with Gasteiger partial charge in [-0.25, -0.2) is 4.79 Å². The van der Waals surface area contributed by atoms with Gasteiger partial charge in [0, 0.05) is 12.1 Å². The second-order valence-corrected chi connectivity index (χ2v) is 14.5. The van der Waals surface area contributed by atoms with Gasteiger partial charge in [0.2, 0.25) is 0 Å². The van der Waals surface area contributed by atoms with Gasteiger partial charge in [-0.3, -0.25) is 0 Å². The minimum Gasteiger partial charge on any atom is -0.491 e. The van der Waals surface area contributed by atoms with Crippen LogP contribution in [0.5, 0.6) is 5.75 Å². The third kappa shape index (κ3) is 9.19. The first-order valence-electron chi connectivity index (χ1n) is 10.2. The fourth-order valence-corrected chi connectivity index (χ4v) is 3.36. The molecule has 0 saturated carbocycles. The molecule has 1 unspecified atom stereocenters. The maximum absolute atomic E-state index is 11.7. The maximum atomic E-state index is 11.7. The largest absolute Gasteiger partial charge is 0.491 e. The van der Waals surface area contributed by atoms with Crippen LogP contribution in [0.3, 0.4) is 0 Å². The third-order valence-corrected chi connectivity index (χ3v) is 9.51. The van der Waals surface area contributed by atoms with E-state index in [1.807, 2.05) is 45.0 Å². The molecule has 166 valence electrons. The van der Waals surface area contributed by atoms with Crippen LogP contribution in [-0.2, 0) is 9.16 Å². The molecule has 0 aliphatic heterocycles. The van der Waals surface area contributed by atoms with Crippen LogP contribution in [0.2, 0.25) is 18.1 Å². The van der Waals surface area contributed by atoms with E-state index >= 15 is 0 Å². The quantitative estimate of drug-likeness (QED) is 0.428. The number of nitrogens with one attached hydrogen (secondary N) is 1. The number of ether oxygens (including phenoxy) is 2. The average molecular weight is 426 g/mol. The average Bonchev–Trinajstić information content (AvgIpc) is 2.56. The van der Waals surface area contributed by atoms with E-state index < -0.39 is 26.1 Å². The van der Waals surface area contributed by atoms with Gasteiger partial charge in [-0.1, -0.05) is 39.0 Å². The number of carbonyl (C=O) groups is 1. The molecule has 1 rings (SSSR count). The Balaban J connectivity index is 2.53. The van der Waals surface area contributed by atoms with Crippen LogP contribution in [0.25, 0.3) is 0 Å². The lowest BCUT2D eigenvalue weighted by Crippen LogP contribution is -2.41. The van der Waals surface area contributed by atoms with Gasteiger partial charge in [-0.2, -0.15) is 0 Å². The number of amides is 1. The second-order valence-electron chi connectivity index (χ2n) is 9.73. The predicted molar refractivity (Wildman–Crippen MR) is 119 cm³/mol. The summed E-state index contributed by atoms with van der Waals surface area (Å²) in [7, 11) is -1.81. The molecule has 0 aromatic heterocycles. The SMILES string of the molecule is CC(C)(C)OC(=O)NCCC(O)c1ccccc1OCCO[Si](C)(C)C(C)(C)C. The van der Waals surface area contributed by atoms with Crippen LogP contribution in [0.1, 0.15) is 59.6 Å². The molecular formula is C22H39NO5Si. The predicted octanol–water partition coefficient (Wildman–Crippen LogP) is 5.04. The first-order valence-corrected chi connectivity index (χ1v) is 13.1. The Hall–Kier alpha value is -1.57. The lowest BCUT2D eigenvalue weighted by molar-refractivity contribution is 0.0518. The van der Waals surface area contributed by atoms with Crippen LogP contribution < -0.4 is 10.1 Å². The van der Waals surface area contributed by atoms with Gasteiger partial charge in [0.15, 0.2) is 8.32 Å². The molecule has 7 heteroatoms. The summed E-state index contributed by atoms with van der Waals surface area (Å²) in [5, 5.41) is 13.4. The summed E-state index contributed by atoms with van der Waals surface area (Å²) < 4.78 is 17.2. The number of hydrogen-bond donors (Lipinski definition) is 2. The first-order chi connectivity index (χ1) is 13.2. The van der Waals surface area contributed by atoms with Crippen molar-refractivity contribution in [3.8, 4) is 5.75 Å². The van der Waals surface area contributed by atoms with Crippen molar-refractivity contribution in [2.45, 2.75) is 77.8 Å². The summed E-state index contributed by atoms with van der Waals surface area (Å²) in [4.78, 5) is 11.7. The van der Waals surface area contributed by atoms with Gasteiger partial charge in [-0.15, -0.1) is 0 Å². The standard InChI is InChI=1S/C22H39NO5Si/c1-21(2,3)28-20(25)23-14-13-18(24)17-11-9-10-12-19(17)26-15-16-27-29(7,8)22(4,5)6/h9-12,18,24H,13-16H2,1-8H3,(H,23,25). The van der Waals surface area contributed by atoms with Gasteiger partial charge < -0.3 is 24.3 Å². The summed E-state index contributed by atoms with van der Waals surface area (Å²) in [5.74, 6) is 0.635. The van der Waals surface area contributed by atoms with Crippen molar-refractivity contribution in [1.29, 1.82) is 0 Å². The van der Waals surface area contributed by atoms with Crippen LogP contribution in [0.15, 0.2) is 24.3 Å². The van der Waals surface area contributed by atoms with Crippen LogP contribution in [0.4, 0.5) is 4.79 Å². The Morgan fingerprint density at radius 1 is 1.10 bits per heavy atom. The Bertz CT molecular complexity index is 649. The molecule has 0 heterocycles. The third-order valence-electron chi connectivity index (χ3n) is 4.97. The van der Waals surface area contributed by atoms with Crippen molar-refractivity contribution in [1.82, 2.24) is 5.32 Å². The fourth-order valence-electron chi connectivity index (χ4n) is 2.33. The van der Waals surface area contributed by atoms with Gasteiger partial charge in [0.1, 0.15) is 18.0 Å². The highest BCUT2D eigenvalue weighted by Crippen LogP contribution is 2.36. The van der Waals surface area contributed by atoms with Gasteiger partial charge in [-0.05, 0) is 51.4 Å². The molecule has 6 nitrogen and oxygen atoms in total. The van der Waals surface area contributed by atoms with E-state index in [9.17, 15) is 9.90 Å². The molecule has 2 N–H and O–H groups in total. The number of alkyl carbamates (subject to hydrolysis) is 1. The molecule has 1 atom stereocenters. The zero-order chi connectivity index (χ0) is 22.3. The van der Waals surface area contributed by atoms with Crippen LogP contribution in [-0.4, -0.2) is 44.9 Å². The van der Waals surface area contributed by atoms with Crippen LogP contribution in [0, 0.1) is 0 Å². The highest BCUT2D eigenvalue weighted by Gasteiger charge is 2.36. The van der Waals surface area contributed by atoms with Gasteiger partial charge >= 0.3 is 6.09 Å². The lowest BCUT2D eigenvalue weighted by atomic mass is 10.1. The molecule has 1 amide bonds. The molecule has 1 aromatic rings. The maximum Gasteiger partial charge on any atom is 0.407 e. The summed E-state index contributed by atoms with van der Waals surface area (Å²) in [5.41, 5.74) is 0.154. The summed E-state index contributed by atoms with van der Waals surface area (Å²) >= 11 is 0. The van der Waals surface area contributed by atoms with E-state index in [0.29, 0.717) is 37.5 Å². The molecule has 1 aromatic carbocycles. The highest BCUT2D eigenvalue weighted by molar-refractivity contribution is 6.74. The molecule has 0 aliphatic carbocycles. The Labute approximate surface area is 177 Å². The number of rotatable bonds is 9. The van der Waals surface area contributed by atoms with Crippen molar-refractivity contribution in [3.63, 3.8) is 0 Å². The van der Waals surface area contributed by atoms with E-state index in [1.165, 1.54) is 0 Å². The Morgan fingerprint density at radius 3 is 2.31 bits per heavy atom. The second kappa shape index (κ2) is 10.5. The molecule has 0 radical (unpaired) electrons. The highest BCUT2D eigenvalue weighted by atomic mass is 28.4. The molecular weight excluding hydrogens is 386 g/mol. The molecule has 0 fully saturated rings. The summed E-state index contributed by atoms with van der Waals surface area (Å²) in [6, 6.07) is 7.41. The zero-order valence-electron chi connectivity index (χ0n) is 19.3. The van der Waals surface area contributed by atoms with Crippen molar-refractivity contribution in [2.75, 3.05) is 19.8 Å². The van der Waals surface area contributed by atoms with E-state index in [-0.39, 0.29) is 5.04 Å². The molecule has 29 heavy (non-hydrogen) atoms. The van der Waals surface area contributed by atoms with Gasteiger partial charge in [0.05, 0.1) is 12.7 Å². The summed E-state index contributed by atoms with van der Waals surface area (Å²) in [6.45, 7) is 17.7. The van der Waals surface area contributed by atoms with Crippen molar-refractivity contribution in [2.24, 2.45) is 0 Å². The van der Waals surface area contributed by atoms with E-state index in [2.05, 4.69) is 39.2 Å². The first kappa shape index (κ1) is 25.5. The van der Waals surface area contributed by atoms with E-state index in [1.54, 1.807) is 0 Å². The number of benzene rings is 1. The minimum atomic E-state index is -1.81. The number of aliphatic hydroxyl groups excluding tert-OH is 1. The number of hydrogen-bond acceptors (Lipinski definition) is 5. The molecule has 0 bridgehead atoms. The van der Waals surface area contributed by atoms with E-state index in [0.717, 1.165) is 0 Å². The number of carbonyl (C=O) groups excluding carboxylic acids is 1. The fraction of sp³-hybridized carbons (Fsp3) is 0.682. The number of aliphatic hydroxyl groups is 1. The van der Waals surface area contributed by atoms with Crippen molar-refractivity contribution >= 4 is 14.4 Å². The zero-order valence-corrected chi connectivity index (χ0v) is 20.3. The van der Waals surface area contributed by atoms with Crippen molar-refractivity contribution < 1.29 is 23.8 Å². The Morgan fingerprint density at radius 2 is 1.72 bits per heavy atom. The van der Waals surface area contributed by atoms with Crippen LogP contribution >= 0.6 is 0 Å². The minimum absolute atomic E-state index is 0.155. The molecule has 0 saturated heterocycles. The lowest BCUT2D eigenvalue weighted by Gasteiger charge is -2.36. The summed E-state index contributed by atoms with van der Waals surface area (Å²) in [6.07, 6.45) is -0.875. The van der Waals surface area contributed by atoms with E-state index in [4.69, 9.17) is 13.9 Å². The van der Waals surface area contributed by atoms with Gasteiger partial charge in [0.25, 0.3) is 0 Å².